The second-order valence-electron chi connectivity index (χ2n) is 5.79. The number of aromatic amines is 1. The molecule has 0 amide bonds. The summed E-state index contributed by atoms with van der Waals surface area (Å²) < 4.78 is 5.49. The van der Waals surface area contributed by atoms with Gasteiger partial charge in [-0.3, -0.25) is 9.88 Å². The van der Waals surface area contributed by atoms with Crippen LogP contribution in [-0.2, 0) is 4.74 Å². The topological polar surface area (TPSA) is 79.0 Å². The summed E-state index contributed by atoms with van der Waals surface area (Å²) in [6.45, 7) is 4.14. The van der Waals surface area contributed by atoms with Crippen LogP contribution in [0.1, 0.15) is 11.6 Å². The van der Waals surface area contributed by atoms with E-state index in [-0.39, 0.29) is 6.04 Å². The number of pyridine rings is 1. The largest absolute Gasteiger partial charge is 0.379 e. The van der Waals surface area contributed by atoms with Crippen molar-refractivity contribution in [3.05, 3.63) is 48.7 Å². The Morgan fingerprint density at radius 2 is 2.17 bits per heavy atom. The lowest BCUT2D eigenvalue weighted by Gasteiger charge is -2.34. The third-order valence-corrected chi connectivity index (χ3v) is 4.37. The molecule has 3 aromatic rings. The van der Waals surface area contributed by atoms with Gasteiger partial charge in [-0.25, -0.2) is 9.97 Å². The second-order valence-corrected chi connectivity index (χ2v) is 5.79. The number of H-pyrrole nitrogens is 1. The molecule has 7 nitrogen and oxygen atoms in total. The molecule has 2 N–H and O–H groups in total. The molecule has 1 unspecified atom stereocenters. The smallest absolute Gasteiger partial charge is 0.142 e. The van der Waals surface area contributed by atoms with Crippen LogP contribution in [0.25, 0.3) is 11.0 Å². The Balaban J connectivity index is 1.56. The first kappa shape index (κ1) is 15.0. The average molecular weight is 324 g/mol. The van der Waals surface area contributed by atoms with E-state index < -0.39 is 0 Å². The Morgan fingerprint density at radius 3 is 3.00 bits per heavy atom. The third-order valence-electron chi connectivity index (χ3n) is 4.37. The monoisotopic (exact) mass is 324 g/mol. The fourth-order valence-electron chi connectivity index (χ4n) is 3.13. The maximum atomic E-state index is 5.49. The SMILES string of the molecule is c1cncc(C(CNc2ncnc3[nH]ccc23)N2CCOCC2)c1. The van der Waals surface area contributed by atoms with Crippen LogP contribution in [0.4, 0.5) is 5.82 Å². The van der Waals surface area contributed by atoms with E-state index in [1.54, 1.807) is 12.5 Å². The minimum Gasteiger partial charge on any atom is -0.379 e. The molecule has 124 valence electrons. The van der Waals surface area contributed by atoms with Crippen molar-refractivity contribution >= 4 is 16.9 Å². The van der Waals surface area contributed by atoms with Crippen molar-refractivity contribution < 1.29 is 4.74 Å². The summed E-state index contributed by atoms with van der Waals surface area (Å²) in [5, 5.41) is 4.49. The van der Waals surface area contributed by atoms with Crippen molar-refractivity contribution in [3.8, 4) is 0 Å². The quantitative estimate of drug-likeness (QED) is 0.745. The van der Waals surface area contributed by atoms with Crippen LogP contribution in [0.3, 0.4) is 0 Å². The molecule has 0 radical (unpaired) electrons. The summed E-state index contributed by atoms with van der Waals surface area (Å²) in [5.74, 6) is 0.850. The maximum absolute atomic E-state index is 5.49. The van der Waals surface area contributed by atoms with Crippen molar-refractivity contribution in [2.24, 2.45) is 0 Å². The van der Waals surface area contributed by atoms with Gasteiger partial charge in [0.05, 0.1) is 24.6 Å². The molecule has 4 heterocycles. The van der Waals surface area contributed by atoms with E-state index in [1.165, 1.54) is 5.56 Å². The molecule has 1 atom stereocenters. The van der Waals surface area contributed by atoms with Gasteiger partial charge in [-0.15, -0.1) is 0 Å². The van der Waals surface area contributed by atoms with Crippen molar-refractivity contribution in [1.29, 1.82) is 0 Å². The first-order chi connectivity index (χ1) is 11.9. The first-order valence-electron chi connectivity index (χ1n) is 8.15. The van der Waals surface area contributed by atoms with Crippen LogP contribution in [0.2, 0.25) is 0 Å². The molecular formula is C17H20N6O. The van der Waals surface area contributed by atoms with Gasteiger partial charge in [0.2, 0.25) is 0 Å². The molecular weight excluding hydrogens is 304 g/mol. The van der Waals surface area contributed by atoms with Crippen LogP contribution >= 0.6 is 0 Å². The Morgan fingerprint density at radius 1 is 1.25 bits per heavy atom. The van der Waals surface area contributed by atoms with Crippen molar-refractivity contribution in [2.45, 2.75) is 6.04 Å². The van der Waals surface area contributed by atoms with Crippen molar-refractivity contribution in [3.63, 3.8) is 0 Å². The number of rotatable bonds is 5. The number of nitrogens with zero attached hydrogens (tertiary/aromatic N) is 4. The average Bonchev–Trinajstić information content (AvgIpc) is 3.13. The highest BCUT2D eigenvalue weighted by atomic mass is 16.5. The Bertz CT molecular complexity index is 784. The summed E-state index contributed by atoms with van der Waals surface area (Å²) in [6.07, 6.45) is 7.20. The predicted molar refractivity (Wildman–Crippen MR) is 91.7 cm³/mol. The lowest BCUT2D eigenvalue weighted by atomic mass is 10.1. The number of anilines is 1. The summed E-state index contributed by atoms with van der Waals surface area (Å²) >= 11 is 0. The fourth-order valence-corrected chi connectivity index (χ4v) is 3.13. The molecule has 1 saturated heterocycles. The molecule has 0 spiro atoms. The van der Waals surface area contributed by atoms with E-state index in [2.05, 4.69) is 36.2 Å². The molecule has 3 aromatic heterocycles. The van der Waals surface area contributed by atoms with Gasteiger partial charge in [-0.2, -0.15) is 0 Å². The lowest BCUT2D eigenvalue weighted by molar-refractivity contribution is 0.0186. The van der Waals surface area contributed by atoms with Crippen molar-refractivity contribution in [1.82, 2.24) is 24.8 Å². The normalized spacial score (nSPS) is 17.0. The molecule has 0 aromatic carbocycles. The van der Waals surface area contributed by atoms with Gasteiger partial charge in [0, 0.05) is 38.2 Å². The van der Waals surface area contributed by atoms with Gasteiger partial charge in [0.1, 0.15) is 17.8 Å². The van der Waals surface area contributed by atoms with E-state index in [1.807, 2.05) is 24.5 Å². The standard InChI is InChI=1S/C17H20N6O/c1-2-13(10-18-4-1)15(23-6-8-24-9-7-23)11-20-17-14-3-5-19-16(14)21-12-22-17/h1-5,10,12,15H,6-9,11H2,(H2,19,20,21,22). The molecule has 0 aliphatic carbocycles. The number of ether oxygens (including phenoxy) is 1. The maximum Gasteiger partial charge on any atom is 0.142 e. The molecule has 24 heavy (non-hydrogen) atoms. The highest BCUT2D eigenvalue weighted by Crippen LogP contribution is 2.23. The number of aromatic nitrogens is 4. The van der Waals surface area contributed by atoms with E-state index in [9.17, 15) is 0 Å². The number of hydrogen-bond donors (Lipinski definition) is 2. The first-order valence-corrected chi connectivity index (χ1v) is 8.15. The molecule has 1 aliphatic rings. The van der Waals surface area contributed by atoms with Gasteiger partial charge in [0.25, 0.3) is 0 Å². The van der Waals surface area contributed by atoms with E-state index in [0.717, 1.165) is 49.7 Å². The minimum atomic E-state index is 0.228. The fraction of sp³-hybridized carbons (Fsp3) is 0.353. The zero-order valence-corrected chi connectivity index (χ0v) is 13.4. The van der Waals surface area contributed by atoms with E-state index in [0.29, 0.717) is 0 Å². The molecule has 0 saturated carbocycles. The molecule has 1 fully saturated rings. The van der Waals surface area contributed by atoms with Gasteiger partial charge in [-0.1, -0.05) is 6.07 Å². The highest BCUT2D eigenvalue weighted by molar-refractivity contribution is 5.86. The number of hydrogen-bond acceptors (Lipinski definition) is 6. The zero-order chi connectivity index (χ0) is 16.2. The van der Waals surface area contributed by atoms with E-state index >= 15 is 0 Å². The van der Waals surface area contributed by atoms with Gasteiger partial charge < -0.3 is 15.0 Å². The van der Waals surface area contributed by atoms with Crippen LogP contribution in [0.5, 0.6) is 0 Å². The summed E-state index contributed by atoms with van der Waals surface area (Å²) in [6, 6.07) is 6.33. The van der Waals surface area contributed by atoms with Crippen LogP contribution in [-0.4, -0.2) is 57.7 Å². The highest BCUT2D eigenvalue weighted by Gasteiger charge is 2.23. The molecule has 1 aliphatic heterocycles. The Hall–Kier alpha value is -2.51. The Kier molecular flexibility index (Phi) is 4.35. The molecule has 4 rings (SSSR count). The summed E-state index contributed by atoms with van der Waals surface area (Å²) in [7, 11) is 0. The van der Waals surface area contributed by atoms with Gasteiger partial charge >= 0.3 is 0 Å². The lowest BCUT2D eigenvalue weighted by Crippen LogP contribution is -2.41. The van der Waals surface area contributed by atoms with Crippen LogP contribution in [0.15, 0.2) is 43.1 Å². The van der Waals surface area contributed by atoms with Crippen LogP contribution in [0, 0.1) is 0 Å². The van der Waals surface area contributed by atoms with Gasteiger partial charge in [-0.05, 0) is 17.7 Å². The minimum absolute atomic E-state index is 0.228. The second kappa shape index (κ2) is 6.94. The van der Waals surface area contributed by atoms with Gasteiger partial charge in [0.15, 0.2) is 0 Å². The van der Waals surface area contributed by atoms with Crippen LogP contribution < -0.4 is 5.32 Å². The van der Waals surface area contributed by atoms with E-state index in [4.69, 9.17) is 4.74 Å². The number of fused-ring (bicyclic) bond motifs is 1. The molecule has 0 bridgehead atoms. The summed E-state index contributed by atoms with van der Waals surface area (Å²) in [5.41, 5.74) is 2.04. The van der Waals surface area contributed by atoms with Crippen molar-refractivity contribution in [2.75, 3.05) is 38.2 Å². The summed E-state index contributed by atoms with van der Waals surface area (Å²) in [4.78, 5) is 18.5. The number of morpholine rings is 1. The predicted octanol–water partition coefficient (Wildman–Crippen LogP) is 1.84. The third kappa shape index (κ3) is 3.08. The Labute approximate surface area is 140 Å². The molecule has 7 heteroatoms. The zero-order valence-electron chi connectivity index (χ0n) is 13.4. The number of nitrogens with one attached hydrogen (secondary N) is 2.